The lowest BCUT2D eigenvalue weighted by atomic mass is 10.1. The number of carbonyl (C=O) groups excluding carboxylic acids is 2. The van der Waals surface area contributed by atoms with Crippen LogP contribution in [0.3, 0.4) is 0 Å². The van der Waals surface area contributed by atoms with Crippen LogP contribution in [0.5, 0.6) is 0 Å². The number of hydrogen-bond acceptors (Lipinski definition) is 6. The fourth-order valence-corrected chi connectivity index (χ4v) is 3.66. The van der Waals surface area contributed by atoms with E-state index in [1.165, 1.54) is 11.8 Å². The van der Waals surface area contributed by atoms with Crippen LogP contribution in [0.1, 0.15) is 18.1 Å². The molecule has 152 valence electrons. The van der Waals surface area contributed by atoms with Gasteiger partial charge in [-0.1, -0.05) is 30.0 Å². The topological polar surface area (TPSA) is 102 Å². The summed E-state index contributed by atoms with van der Waals surface area (Å²) >= 11 is 1.26. The molecule has 0 aliphatic heterocycles. The molecule has 0 saturated carbocycles. The number of hydrogen-bond donors (Lipinski definition) is 2. The maximum atomic E-state index is 12.2. The van der Waals surface area contributed by atoms with Crippen LogP contribution in [0.2, 0.25) is 0 Å². The van der Waals surface area contributed by atoms with Crippen molar-refractivity contribution in [2.75, 3.05) is 17.6 Å². The Morgan fingerprint density at radius 2 is 1.86 bits per heavy atom. The van der Waals surface area contributed by atoms with Crippen LogP contribution >= 0.6 is 11.8 Å². The molecule has 2 heterocycles. The second-order valence-corrected chi connectivity index (χ2v) is 7.35. The van der Waals surface area contributed by atoms with Crippen molar-refractivity contribution >= 4 is 29.3 Å². The largest absolute Gasteiger partial charge is 0.461 e. The van der Waals surface area contributed by atoms with Gasteiger partial charge in [-0.05, 0) is 44.0 Å². The lowest BCUT2D eigenvalue weighted by molar-refractivity contribution is -0.122. The Morgan fingerprint density at radius 3 is 2.52 bits per heavy atom. The second kappa shape index (κ2) is 9.42. The van der Waals surface area contributed by atoms with Crippen molar-refractivity contribution in [2.24, 2.45) is 0 Å². The van der Waals surface area contributed by atoms with Crippen molar-refractivity contribution in [3.05, 3.63) is 47.7 Å². The van der Waals surface area contributed by atoms with Gasteiger partial charge in [0.05, 0.1) is 18.6 Å². The van der Waals surface area contributed by atoms with Gasteiger partial charge in [-0.15, -0.1) is 10.2 Å². The lowest BCUT2D eigenvalue weighted by Crippen LogP contribution is -2.34. The predicted octanol–water partition coefficient (Wildman–Crippen LogP) is 3.02. The predicted molar refractivity (Wildman–Crippen MR) is 112 cm³/mol. The minimum absolute atomic E-state index is 0.0920. The number of carbonyl (C=O) groups is 2. The highest BCUT2D eigenvalue weighted by Gasteiger charge is 2.16. The summed E-state index contributed by atoms with van der Waals surface area (Å²) in [6.45, 7) is 6.38. The molecule has 3 aromatic rings. The number of aryl methyl sites for hydroxylation is 2. The Bertz CT molecular complexity index is 977. The summed E-state index contributed by atoms with van der Waals surface area (Å²) in [6, 6.07) is 9.39. The van der Waals surface area contributed by atoms with E-state index in [1.807, 2.05) is 49.6 Å². The highest BCUT2D eigenvalue weighted by molar-refractivity contribution is 7.99. The van der Waals surface area contributed by atoms with Gasteiger partial charge < -0.3 is 15.1 Å². The molecule has 1 aromatic carbocycles. The highest BCUT2D eigenvalue weighted by atomic mass is 32.2. The van der Waals surface area contributed by atoms with E-state index in [-0.39, 0.29) is 24.1 Å². The molecule has 0 radical (unpaired) electrons. The minimum atomic E-state index is -0.266. The number of nitrogens with one attached hydrogen (secondary N) is 2. The first-order valence-electron chi connectivity index (χ1n) is 9.22. The molecule has 0 spiro atoms. The minimum Gasteiger partial charge on any atom is -0.461 e. The molecule has 0 fully saturated rings. The van der Waals surface area contributed by atoms with Crippen molar-refractivity contribution in [1.29, 1.82) is 0 Å². The molecule has 2 aromatic heterocycles. The average Bonchev–Trinajstić information content (AvgIpc) is 3.36. The number of aromatic nitrogens is 3. The molecule has 0 atom stereocenters. The van der Waals surface area contributed by atoms with E-state index < -0.39 is 0 Å². The fourth-order valence-electron chi connectivity index (χ4n) is 2.82. The Kier molecular flexibility index (Phi) is 6.71. The smallest absolute Gasteiger partial charge is 0.243 e. The van der Waals surface area contributed by atoms with Crippen molar-refractivity contribution in [2.45, 2.75) is 32.5 Å². The number of amides is 2. The van der Waals surface area contributed by atoms with Crippen LogP contribution in [0, 0.1) is 13.8 Å². The summed E-state index contributed by atoms with van der Waals surface area (Å²) < 4.78 is 7.25. The number of rotatable bonds is 8. The molecular weight excluding hydrogens is 390 g/mol. The number of thioether (sulfide) groups is 1. The van der Waals surface area contributed by atoms with E-state index in [0.29, 0.717) is 23.3 Å². The van der Waals surface area contributed by atoms with Crippen LogP contribution in [0.4, 0.5) is 5.69 Å². The quantitative estimate of drug-likeness (QED) is 0.551. The SMILES string of the molecule is CCn1c(SCC(=O)NCC(=O)Nc2c(C)cccc2C)nnc1-c1ccco1. The fraction of sp³-hybridized carbons (Fsp3) is 0.300. The number of anilines is 1. The van der Waals surface area contributed by atoms with Gasteiger partial charge in [0.1, 0.15) is 0 Å². The second-order valence-electron chi connectivity index (χ2n) is 6.41. The number of para-hydroxylation sites is 1. The first-order valence-corrected chi connectivity index (χ1v) is 10.2. The van der Waals surface area contributed by atoms with Gasteiger partial charge >= 0.3 is 0 Å². The summed E-state index contributed by atoms with van der Waals surface area (Å²) in [5.41, 5.74) is 2.74. The molecule has 3 rings (SSSR count). The van der Waals surface area contributed by atoms with Gasteiger partial charge in [-0.2, -0.15) is 0 Å². The molecule has 0 saturated heterocycles. The number of nitrogens with zero attached hydrogens (tertiary/aromatic N) is 3. The normalized spacial score (nSPS) is 10.7. The Hall–Kier alpha value is -3.07. The molecule has 0 unspecified atom stereocenters. The summed E-state index contributed by atoms with van der Waals surface area (Å²) in [4.78, 5) is 24.3. The third-order valence-electron chi connectivity index (χ3n) is 4.30. The zero-order valence-corrected chi connectivity index (χ0v) is 17.4. The van der Waals surface area contributed by atoms with E-state index in [9.17, 15) is 9.59 Å². The van der Waals surface area contributed by atoms with Crippen molar-refractivity contribution in [1.82, 2.24) is 20.1 Å². The zero-order valence-electron chi connectivity index (χ0n) is 16.6. The van der Waals surface area contributed by atoms with Gasteiger partial charge in [0.25, 0.3) is 0 Å². The molecule has 29 heavy (non-hydrogen) atoms. The average molecular weight is 414 g/mol. The summed E-state index contributed by atoms with van der Waals surface area (Å²) in [5.74, 6) is 0.856. The van der Waals surface area contributed by atoms with E-state index in [2.05, 4.69) is 20.8 Å². The van der Waals surface area contributed by atoms with Gasteiger partial charge in [-0.3, -0.25) is 14.2 Å². The third kappa shape index (κ3) is 5.05. The summed E-state index contributed by atoms with van der Waals surface area (Å²) in [7, 11) is 0. The first-order chi connectivity index (χ1) is 14.0. The molecule has 2 N–H and O–H groups in total. The standard InChI is InChI=1S/C20H23N5O3S/c1-4-25-19(15-9-6-10-28-15)23-24-20(25)29-12-17(27)21-11-16(26)22-18-13(2)7-5-8-14(18)3/h5-10H,4,11-12H2,1-3H3,(H,21,27)(H,22,26). The van der Waals surface area contributed by atoms with Crippen molar-refractivity contribution in [3.63, 3.8) is 0 Å². The maximum Gasteiger partial charge on any atom is 0.243 e. The van der Waals surface area contributed by atoms with Crippen LogP contribution in [0.25, 0.3) is 11.6 Å². The van der Waals surface area contributed by atoms with E-state index in [4.69, 9.17) is 4.42 Å². The Morgan fingerprint density at radius 1 is 1.10 bits per heavy atom. The monoisotopic (exact) mass is 413 g/mol. The maximum absolute atomic E-state index is 12.2. The van der Waals surface area contributed by atoms with Gasteiger partial charge in [0, 0.05) is 12.2 Å². The third-order valence-corrected chi connectivity index (χ3v) is 5.27. The highest BCUT2D eigenvalue weighted by Crippen LogP contribution is 2.24. The van der Waals surface area contributed by atoms with Crippen LogP contribution < -0.4 is 10.6 Å². The van der Waals surface area contributed by atoms with Crippen LogP contribution in [-0.2, 0) is 16.1 Å². The molecular formula is C20H23N5O3S. The van der Waals surface area contributed by atoms with Crippen LogP contribution in [0.15, 0.2) is 46.2 Å². The van der Waals surface area contributed by atoms with Crippen molar-refractivity contribution in [3.8, 4) is 11.6 Å². The lowest BCUT2D eigenvalue weighted by Gasteiger charge is -2.12. The number of furan rings is 1. The summed E-state index contributed by atoms with van der Waals surface area (Å²) in [6.07, 6.45) is 1.58. The van der Waals surface area contributed by atoms with Gasteiger partial charge in [0.15, 0.2) is 16.7 Å². The number of benzene rings is 1. The van der Waals surface area contributed by atoms with Crippen LogP contribution in [-0.4, -0.2) is 38.9 Å². The van der Waals surface area contributed by atoms with Gasteiger partial charge in [-0.25, -0.2) is 0 Å². The Balaban J connectivity index is 1.51. The van der Waals surface area contributed by atoms with Gasteiger partial charge in [0.2, 0.25) is 11.8 Å². The molecule has 2 amide bonds. The Labute approximate surface area is 173 Å². The van der Waals surface area contributed by atoms with E-state index in [1.54, 1.807) is 12.3 Å². The first kappa shape index (κ1) is 20.7. The molecule has 8 nitrogen and oxygen atoms in total. The van der Waals surface area contributed by atoms with Crippen molar-refractivity contribution < 1.29 is 14.0 Å². The zero-order chi connectivity index (χ0) is 20.8. The van der Waals surface area contributed by atoms with E-state index in [0.717, 1.165) is 16.8 Å². The summed E-state index contributed by atoms with van der Waals surface area (Å²) in [5, 5.41) is 14.4. The molecule has 9 heteroatoms. The molecule has 0 aliphatic carbocycles. The molecule has 0 bridgehead atoms. The molecule has 0 aliphatic rings. The van der Waals surface area contributed by atoms with E-state index >= 15 is 0 Å².